The molecule has 0 aromatic heterocycles. The van der Waals surface area contributed by atoms with Gasteiger partial charge in [-0.05, 0) is 23.9 Å². The number of amides is 2. The predicted octanol–water partition coefficient (Wildman–Crippen LogP) is -1.33. The number of aliphatic carboxylic acids is 2. The standard InChI is InChI=1S/C17H23N5O8S/c18-11(17(27)28)2-4-14(23)21-10(6-20-7-15(24)25)8-31-13-3-1-9(16(19)26)5-12(13)22(29)30/h1,3,5,8,10-11,20,31H,2,4,6-7,18H2,(H2,19,26)(H,21,23)(H,24,25)(H,27,28)/t10?,11-/m0/s1. The molecule has 0 saturated carbocycles. The topological polar surface area (TPSA) is 228 Å². The molecule has 1 aromatic rings. The van der Waals surface area contributed by atoms with Crippen molar-refractivity contribution in [1.29, 1.82) is 0 Å². The van der Waals surface area contributed by atoms with Crippen LogP contribution in [0, 0.1) is 10.1 Å². The summed E-state index contributed by atoms with van der Waals surface area (Å²) in [7, 11) is 0. The van der Waals surface area contributed by atoms with E-state index < -0.39 is 40.8 Å². The zero-order valence-corrected chi connectivity index (χ0v) is 17.1. The van der Waals surface area contributed by atoms with E-state index in [0.29, 0.717) is 11.4 Å². The third-order valence-corrected chi connectivity index (χ3v) is 5.00. The van der Waals surface area contributed by atoms with Crippen molar-refractivity contribution < 1.29 is 34.3 Å². The highest BCUT2D eigenvalue weighted by Crippen LogP contribution is 2.26. The van der Waals surface area contributed by atoms with Crippen LogP contribution in [0.15, 0.2) is 23.1 Å². The predicted molar refractivity (Wildman–Crippen MR) is 112 cm³/mol. The molecular formula is C17H23N5O8S. The molecule has 0 bridgehead atoms. The van der Waals surface area contributed by atoms with E-state index in [2.05, 4.69) is 10.6 Å². The summed E-state index contributed by atoms with van der Waals surface area (Å²) in [6.45, 7) is -0.377. The number of nitrogens with one attached hydrogen (secondary N) is 2. The Labute approximate surface area is 179 Å². The first-order valence-electron chi connectivity index (χ1n) is 8.84. The molecule has 0 aliphatic rings. The molecule has 0 saturated heterocycles. The van der Waals surface area contributed by atoms with Crippen LogP contribution in [-0.4, -0.2) is 69.4 Å². The first kappa shape index (κ1) is 25.7. The van der Waals surface area contributed by atoms with Crippen molar-refractivity contribution in [3.05, 3.63) is 33.9 Å². The minimum absolute atomic E-state index is 0.00317. The molecule has 2 amide bonds. The van der Waals surface area contributed by atoms with Gasteiger partial charge < -0.3 is 32.3 Å². The number of carbonyl (C=O) groups is 4. The van der Waals surface area contributed by atoms with Crippen LogP contribution in [0.4, 0.5) is 5.69 Å². The molecule has 31 heavy (non-hydrogen) atoms. The molecule has 1 rings (SSSR count). The number of hydrogen-bond donors (Lipinski definition) is 7. The Morgan fingerprint density at radius 3 is 2.48 bits per heavy atom. The van der Waals surface area contributed by atoms with Gasteiger partial charge in [0.05, 0.1) is 22.4 Å². The fourth-order valence-electron chi connectivity index (χ4n) is 2.27. The molecule has 0 radical (unpaired) electrons. The lowest BCUT2D eigenvalue weighted by Crippen LogP contribution is -2.44. The maximum atomic E-state index is 12.1. The molecule has 1 unspecified atom stereocenters. The van der Waals surface area contributed by atoms with Gasteiger partial charge in [-0.15, -0.1) is 0 Å². The first-order valence-corrected chi connectivity index (χ1v) is 9.80. The van der Waals surface area contributed by atoms with E-state index >= 15 is 0 Å². The average molecular weight is 457 g/mol. The number of nitrogens with two attached hydrogens (primary N) is 2. The molecule has 1 aromatic carbocycles. The van der Waals surface area contributed by atoms with Gasteiger partial charge in [0.25, 0.3) is 5.69 Å². The van der Waals surface area contributed by atoms with Crippen molar-refractivity contribution in [2.45, 2.75) is 29.8 Å². The summed E-state index contributed by atoms with van der Waals surface area (Å²) < 4.78 is 0. The Morgan fingerprint density at radius 2 is 1.94 bits per heavy atom. The van der Waals surface area contributed by atoms with Crippen molar-refractivity contribution >= 4 is 46.2 Å². The fraction of sp³-hybridized carbons (Fsp3) is 0.353. The molecule has 170 valence electrons. The summed E-state index contributed by atoms with van der Waals surface area (Å²) in [5, 5.41) is 35.5. The average Bonchev–Trinajstić information content (AvgIpc) is 2.69. The van der Waals surface area contributed by atoms with E-state index in [0.717, 1.165) is 6.07 Å². The Morgan fingerprint density at radius 1 is 1.26 bits per heavy atom. The summed E-state index contributed by atoms with van der Waals surface area (Å²) in [5.74, 6) is -3.71. The van der Waals surface area contributed by atoms with Gasteiger partial charge in [-0.3, -0.25) is 29.3 Å². The lowest BCUT2D eigenvalue weighted by atomic mass is 10.1. The summed E-state index contributed by atoms with van der Waals surface area (Å²) in [5.41, 5.74) is 10.1. The molecule has 0 fully saturated rings. The minimum atomic E-state index is -1.25. The molecule has 14 heteroatoms. The zero-order chi connectivity index (χ0) is 23.6. The number of rotatable bonds is 13. The number of thiol groups is 1. The van der Waals surface area contributed by atoms with Crippen molar-refractivity contribution in [3.63, 3.8) is 0 Å². The maximum absolute atomic E-state index is 12.1. The number of primary amides is 1. The molecule has 0 aliphatic heterocycles. The maximum Gasteiger partial charge on any atom is 0.320 e. The highest BCUT2D eigenvalue weighted by molar-refractivity contribution is 7.97. The van der Waals surface area contributed by atoms with Gasteiger partial charge in [-0.1, -0.05) is 0 Å². The van der Waals surface area contributed by atoms with Gasteiger partial charge in [0, 0.05) is 24.6 Å². The number of nitrogens with zero attached hydrogens (tertiary/aromatic N) is 1. The van der Waals surface area contributed by atoms with Crippen LogP contribution in [0.2, 0.25) is 0 Å². The van der Waals surface area contributed by atoms with Gasteiger partial charge >= 0.3 is 11.9 Å². The second-order valence-corrected chi connectivity index (χ2v) is 7.32. The summed E-state index contributed by atoms with van der Waals surface area (Å²) >= 11 is 0.310. The summed E-state index contributed by atoms with van der Waals surface area (Å²) in [4.78, 5) is 55.6. The molecule has 2 atom stereocenters. The third-order valence-electron chi connectivity index (χ3n) is 3.84. The summed E-state index contributed by atoms with van der Waals surface area (Å²) in [6.07, 6.45) is -0.282. The first-order chi connectivity index (χ1) is 14.5. The Kier molecular flexibility index (Phi) is 10.2. The quantitative estimate of drug-likeness (QED) is 0.0798. The number of nitro groups is 1. The molecule has 8 N–H and O–H groups in total. The van der Waals surface area contributed by atoms with Crippen LogP contribution in [0.1, 0.15) is 23.2 Å². The number of carboxylic acid groups (broad SMARTS) is 2. The fourth-order valence-corrected chi connectivity index (χ4v) is 3.23. The highest BCUT2D eigenvalue weighted by atomic mass is 32.1. The zero-order valence-electron chi connectivity index (χ0n) is 16.2. The third kappa shape index (κ3) is 9.33. The summed E-state index contributed by atoms with van der Waals surface area (Å²) in [6, 6.07) is 1.79. The number of benzene rings is 1. The van der Waals surface area contributed by atoms with E-state index in [1.165, 1.54) is 17.5 Å². The number of carboxylic acids is 2. The van der Waals surface area contributed by atoms with Gasteiger partial charge in [-0.25, -0.2) is 0 Å². The van der Waals surface area contributed by atoms with Crippen LogP contribution in [-0.2, 0) is 14.4 Å². The van der Waals surface area contributed by atoms with Crippen LogP contribution < -0.4 is 22.1 Å². The van der Waals surface area contributed by atoms with Crippen molar-refractivity contribution in [2.75, 3.05) is 13.1 Å². The lowest BCUT2D eigenvalue weighted by Gasteiger charge is -2.16. The van der Waals surface area contributed by atoms with E-state index in [9.17, 15) is 29.3 Å². The smallest absolute Gasteiger partial charge is 0.320 e. The van der Waals surface area contributed by atoms with Crippen LogP contribution >= 0.6 is 11.4 Å². The van der Waals surface area contributed by atoms with Gasteiger partial charge in [0.15, 0.2) is 0 Å². The number of hydrogen-bond acceptors (Lipinski definition) is 8. The number of carbonyl (C=O) groups excluding carboxylic acids is 2. The minimum Gasteiger partial charge on any atom is -0.480 e. The second kappa shape index (κ2) is 12.4. The lowest BCUT2D eigenvalue weighted by molar-refractivity contribution is -0.387. The van der Waals surface area contributed by atoms with Gasteiger partial charge in [-0.2, -0.15) is 11.4 Å². The van der Waals surface area contributed by atoms with Crippen LogP contribution in [0.25, 0.3) is 0 Å². The van der Waals surface area contributed by atoms with Crippen molar-refractivity contribution in [1.82, 2.24) is 10.6 Å². The van der Waals surface area contributed by atoms with E-state index in [4.69, 9.17) is 21.7 Å². The molecule has 0 spiro atoms. The monoisotopic (exact) mass is 457 g/mol. The van der Waals surface area contributed by atoms with Crippen LogP contribution in [0.3, 0.4) is 0 Å². The highest BCUT2D eigenvalue weighted by Gasteiger charge is 2.17. The molecule has 0 heterocycles. The molecular weight excluding hydrogens is 434 g/mol. The Hall–Kier alpha value is -3.36. The van der Waals surface area contributed by atoms with E-state index in [1.807, 2.05) is 0 Å². The Balaban J connectivity index is 2.98. The van der Waals surface area contributed by atoms with Crippen molar-refractivity contribution in [3.8, 4) is 0 Å². The van der Waals surface area contributed by atoms with Crippen LogP contribution in [0.5, 0.6) is 0 Å². The van der Waals surface area contributed by atoms with Gasteiger partial charge in [0.1, 0.15) is 6.04 Å². The number of nitro benzene ring substituents is 1. The molecule has 0 aliphatic carbocycles. The van der Waals surface area contributed by atoms with E-state index in [1.54, 1.807) is 0 Å². The SMILES string of the molecule is NC(=O)c1ccc([SH]=CC(CNCC(=O)O)NC(=O)CC[C@H](N)C(=O)O)c([N+](=O)[O-])c1. The molecule has 13 nitrogen and oxygen atoms in total. The van der Waals surface area contributed by atoms with Gasteiger partial charge in [0.2, 0.25) is 11.8 Å². The van der Waals surface area contributed by atoms with E-state index in [-0.39, 0.29) is 42.1 Å². The van der Waals surface area contributed by atoms with Crippen molar-refractivity contribution in [2.24, 2.45) is 11.5 Å². The normalized spacial score (nSPS) is 13.1. The largest absolute Gasteiger partial charge is 0.480 e. The Bertz CT molecular complexity index is 891. The second-order valence-electron chi connectivity index (χ2n) is 6.29.